The normalized spacial score (nSPS) is 11.2. The first-order chi connectivity index (χ1) is 12.6. The molecule has 2 aromatic heterocycles. The zero-order chi connectivity index (χ0) is 18.5. The summed E-state index contributed by atoms with van der Waals surface area (Å²) in [5.74, 6) is 2.05. The molecule has 1 aromatic carbocycles. The number of fused-ring (bicyclic) bond motifs is 1. The van der Waals surface area contributed by atoms with Crippen molar-refractivity contribution < 1.29 is 4.79 Å². The van der Waals surface area contributed by atoms with E-state index in [9.17, 15) is 4.79 Å². The second-order valence-electron chi connectivity index (χ2n) is 6.64. The van der Waals surface area contributed by atoms with Crippen LogP contribution in [0, 0.1) is 6.92 Å². The number of hydrogen-bond acceptors (Lipinski definition) is 3. The van der Waals surface area contributed by atoms with Gasteiger partial charge in [0.25, 0.3) is 0 Å². The third kappa shape index (κ3) is 3.95. The van der Waals surface area contributed by atoms with Gasteiger partial charge in [-0.3, -0.25) is 4.79 Å². The summed E-state index contributed by atoms with van der Waals surface area (Å²) in [6.07, 6.45) is 7.32. The van der Waals surface area contributed by atoms with E-state index in [1.54, 1.807) is 0 Å². The van der Waals surface area contributed by atoms with Crippen LogP contribution in [0.15, 0.2) is 30.6 Å². The summed E-state index contributed by atoms with van der Waals surface area (Å²) in [6.45, 7) is 7.86. The fraction of sp³-hybridized carbons (Fsp3) is 0.450. The first kappa shape index (κ1) is 18.2. The van der Waals surface area contributed by atoms with Crippen LogP contribution in [-0.4, -0.2) is 25.0 Å². The lowest BCUT2D eigenvalue weighted by Gasteiger charge is -2.09. The molecule has 0 fully saturated rings. The summed E-state index contributed by atoms with van der Waals surface area (Å²) in [4.78, 5) is 21.1. The van der Waals surface area contributed by atoms with Crippen LogP contribution in [0.5, 0.6) is 0 Å². The molecule has 0 saturated carbocycles. The van der Waals surface area contributed by atoms with E-state index in [-0.39, 0.29) is 5.91 Å². The summed E-state index contributed by atoms with van der Waals surface area (Å²) >= 11 is 0. The summed E-state index contributed by atoms with van der Waals surface area (Å²) in [5.41, 5.74) is 2.83. The number of imidazole rings is 2. The molecule has 1 N–H and O–H groups in total. The fourth-order valence-corrected chi connectivity index (χ4v) is 3.14. The van der Waals surface area contributed by atoms with Gasteiger partial charge in [-0.05, 0) is 38.0 Å². The molecule has 6 nitrogen and oxygen atoms in total. The van der Waals surface area contributed by atoms with Gasteiger partial charge in [0, 0.05) is 31.0 Å². The Morgan fingerprint density at radius 2 is 2.08 bits per heavy atom. The van der Waals surface area contributed by atoms with E-state index in [2.05, 4.69) is 39.3 Å². The van der Waals surface area contributed by atoms with Crippen LogP contribution in [-0.2, 0) is 17.9 Å². The maximum atomic E-state index is 12.0. The van der Waals surface area contributed by atoms with Crippen molar-refractivity contribution >= 4 is 22.6 Å². The van der Waals surface area contributed by atoms with Gasteiger partial charge < -0.3 is 14.5 Å². The Morgan fingerprint density at radius 1 is 1.23 bits per heavy atom. The first-order valence-electron chi connectivity index (χ1n) is 9.39. The molecule has 3 aromatic rings. The average Bonchev–Trinajstić information content (AvgIpc) is 3.17. The zero-order valence-electron chi connectivity index (χ0n) is 15.8. The Morgan fingerprint density at radius 3 is 2.77 bits per heavy atom. The van der Waals surface area contributed by atoms with Crippen molar-refractivity contribution in [1.82, 2.24) is 19.1 Å². The number of benzene rings is 1. The number of amides is 1. The van der Waals surface area contributed by atoms with Gasteiger partial charge in [0.2, 0.25) is 5.91 Å². The minimum Gasteiger partial charge on any atom is -0.328 e. The number of unbranched alkanes of at least 4 members (excludes halogenated alkanes) is 1. The molecule has 2 heterocycles. The van der Waals surface area contributed by atoms with Crippen molar-refractivity contribution in [3.05, 3.63) is 42.2 Å². The molecule has 0 bridgehead atoms. The number of anilines is 1. The SMILES string of the molecule is CCCCC(=O)Nc1ccc2c(c1)nc(Cn1ccnc1C)n2CCC. The molecule has 1 amide bonds. The third-order valence-electron chi connectivity index (χ3n) is 4.55. The molecule has 3 rings (SSSR count). The van der Waals surface area contributed by atoms with Crippen LogP contribution >= 0.6 is 0 Å². The van der Waals surface area contributed by atoms with Gasteiger partial charge in [0.1, 0.15) is 11.6 Å². The molecule has 0 aliphatic heterocycles. The summed E-state index contributed by atoms with van der Waals surface area (Å²) in [5, 5.41) is 2.98. The topological polar surface area (TPSA) is 64.7 Å². The van der Waals surface area contributed by atoms with Crippen molar-refractivity contribution in [2.45, 2.75) is 59.5 Å². The maximum absolute atomic E-state index is 12.0. The lowest BCUT2D eigenvalue weighted by molar-refractivity contribution is -0.116. The van der Waals surface area contributed by atoms with Crippen molar-refractivity contribution in [3.8, 4) is 0 Å². The van der Waals surface area contributed by atoms with Crippen LogP contribution in [0.2, 0.25) is 0 Å². The second-order valence-corrected chi connectivity index (χ2v) is 6.64. The Labute approximate surface area is 154 Å². The van der Waals surface area contributed by atoms with Crippen LogP contribution in [0.4, 0.5) is 5.69 Å². The number of nitrogens with one attached hydrogen (secondary N) is 1. The van der Waals surface area contributed by atoms with Gasteiger partial charge >= 0.3 is 0 Å². The van der Waals surface area contributed by atoms with Gasteiger partial charge in [-0.1, -0.05) is 20.3 Å². The fourth-order valence-electron chi connectivity index (χ4n) is 3.14. The molecule has 26 heavy (non-hydrogen) atoms. The van der Waals surface area contributed by atoms with Crippen molar-refractivity contribution in [2.24, 2.45) is 0 Å². The molecular weight excluding hydrogens is 326 g/mol. The number of aromatic nitrogens is 4. The molecule has 0 radical (unpaired) electrons. The number of nitrogens with zero attached hydrogens (tertiary/aromatic N) is 4. The standard InChI is InChI=1S/C20H27N5O/c1-4-6-7-20(26)22-16-8-9-18-17(13-16)23-19(25(18)11-5-2)14-24-12-10-21-15(24)3/h8-10,12-13H,4-7,11,14H2,1-3H3,(H,22,26). The van der Waals surface area contributed by atoms with E-state index in [1.807, 2.05) is 31.5 Å². The second kappa shape index (κ2) is 8.17. The minimum atomic E-state index is 0.0634. The van der Waals surface area contributed by atoms with E-state index in [0.717, 1.165) is 54.2 Å². The first-order valence-corrected chi connectivity index (χ1v) is 9.39. The highest BCUT2D eigenvalue weighted by Crippen LogP contribution is 2.22. The van der Waals surface area contributed by atoms with Gasteiger partial charge in [-0.15, -0.1) is 0 Å². The Hall–Kier alpha value is -2.63. The smallest absolute Gasteiger partial charge is 0.224 e. The van der Waals surface area contributed by atoms with Crippen LogP contribution in [0.3, 0.4) is 0 Å². The van der Waals surface area contributed by atoms with E-state index in [0.29, 0.717) is 13.0 Å². The van der Waals surface area contributed by atoms with E-state index >= 15 is 0 Å². The van der Waals surface area contributed by atoms with Crippen molar-refractivity contribution in [2.75, 3.05) is 5.32 Å². The molecular formula is C20H27N5O. The molecule has 138 valence electrons. The monoisotopic (exact) mass is 353 g/mol. The largest absolute Gasteiger partial charge is 0.328 e. The number of carbonyl (C=O) groups excluding carboxylic acids is 1. The summed E-state index contributed by atoms with van der Waals surface area (Å²) in [6, 6.07) is 5.99. The lowest BCUT2D eigenvalue weighted by atomic mass is 10.2. The highest BCUT2D eigenvalue weighted by atomic mass is 16.1. The maximum Gasteiger partial charge on any atom is 0.224 e. The predicted molar refractivity (Wildman–Crippen MR) is 104 cm³/mol. The Bertz CT molecular complexity index is 893. The molecule has 0 unspecified atom stereocenters. The Kier molecular flexibility index (Phi) is 5.71. The lowest BCUT2D eigenvalue weighted by Crippen LogP contribution is -2.10. The number of aryl methyl sites for hydroxylation is 2. The predicted octanol–water partition coefficient (Wildman–Crippen LogP) is 4.13. The molecule has 0 atom stereocenters. The number of rotatable bonds is 8. The molecule has 0 saturated heterocycles. The number of hydrogen-bond donors (Lipinski definition) is 1. The van der Waals surface area contributed by atoms with Crippen LogP contribution in [0.1, 0.15) is 51.2 Å². The summed E-state index contributed by atoms with van der Waals surface area (Å²) < 4.78 is 4.36. The number of carbonyl (C=O) groups is 1. The van der Waals surface area contributed by atoms with Crippen molar-refractivity contribution in [3.63, 3.8) is 0 Å². The minimum absolute atomic E-state index is 0.0634. The molecule has 0 aliphatic rings. The highest BCUT2D eigenvalue weighted by molar-refractivity contribution is 5.93. The quantitative estimate of drug-likeness (QED) is 0.662. The van der Waals surface area contributed by atoms with Crippen LogP contribution < -0.4 is 5.32 Å². The molecule has 0 aliphatic carbocycles. The zero-order valence-corrected chi connectivity index (χ0v) is 15.8. The van der Waals surface area contributed by atoms with Gasteiger partial charge in [0.15, 0.2) is 0 Å². The third-order valence-corrected chi connectivity index (χ3v) is 4.55. The van der Waals surface area contributed by atoms with Gasteiger partial charge in [-0.25, -0.2) is 9.97 Å². The average molecular weight is 353 g/mol. The van der Waals surface area contributed by atoms with Crippen molar-refractivity contribution in [1.29, 1.82) is 0 Å². The van der Waals surface area contributed by atoms with Gasteiger partial charge in [-0.2, -0.15) is 0 Å². The van der Waals surface area contributed by atoms with Crippen LogP contribution in [0.25, 0.3) is 11.0 Å². The van der Waals surface area contributed by atoms with E-state index in [4.69, 9.17) is 4.98 Å². The molecule has 6 heteroatoms. The van der Waals surface area contributed by atoms with Gasteiger partial charge in [0.05, 0.1) is 17.6 Å². The Balaban J connectivity index is 1.89. The van der Waals surface area contributed by atoms with E-state index < -0.39 is 0 Å². The molecule has 0 spiro atoms. The van der Waals surface area contributed by atoms with E-state index in [1.165, 1.54) is 0 Å². The highest BCUT2D eigenvalue weighted by Gasteiger charge is 2.13. The summed E-state index contributed by atoms with van der Waals surface area (Å²) in [7, 11) is 0.